The lowest BCUT2D eigenvalue weighted by atomic mass is 9.53. The van der Waals surface area contributed by atoms with Gasteiger partial charge < -0.3 is 0 Å². The monoisotopic (exact) mass is 413 g/mol. The molecule has 0 saturated carbocycles. The van der Waals surface area contributed by atoms with Crippen LogP contribution in [-0.4, -0.2) is 19.2 Å². The van der Waals surface area contributed by atoms with Crippen LogP contribution in [0.3, 0.4) is 0 Å². The molecule has 0 amide bonds. The Bertz CT molecular complexity index is 1060. The fourth-order valence-corrected chi connectivity index (χ4v) is 5.00. The van der Waals surface area contributed by atoms with Gasteiger partial charge in [-0.2, -0.15) is 8.42 Å². The molecule has 2 aromatic rings. The third-order valence-electron chi connectivity index (χ3n) is 7.31. The van der Waals surface area contributed by atoms with Crippen molar-refractivity contribution >= 4 is 22.0 Å². The van der Waals surface area contributed by atoms with Crippen molar-refractivity contribution in [2.45, 2.75) is 64.2 Å². The lowest BCUT2D eigenvalue weighted by Crippen LogP contribution is -2.46. The third-order valence-corrected chi connectivity index (χ3v) is 8.18. The van der Waals surface area contributed by atoms with Gasteiger partial charge in [0.1, 0.15) is 0 Å². The van der Waals surface area contributed by atoms with Crippen LogP contribution >= 0.6 is 0 Å². The smallest absolute Gasteiger partial charge is 0.282 e. The van der Waals surface area contributed by atoms with Crippen LogP contribution in [0, 0.1) is 18.8 Å². The van der Waals surface area contributed by atoms with Crippen LogP contribution in [0.5, 0.6) is 0 Å². The minimum atomic E-state index is -4.19. The quantitative estimate of drug-likeness (QED) is 0.508. The molecular weight excluding hydrogens is 382 g/mol. The fraction of sp³-hybridized carbons (Fsp3) is 0.458. The molecule has 0 aliphatic heterocycles. The SMILES string of the molecule is Cc1cc2c(cc1C=Nc1ccc(S(=O)(=O)O)cc1)C(C)(C)[C@@H](C)[C@H](C)C2(C)C. The second-order valence-corrected chi connectivity index (χ2v) is 10.9. The Hall–Kier alpha value is -1.98. The summed E-state index contributed by atoms with van der Waals surface area (Å²) in [5.41, 5.74) is 5.84. The summed E-state index contributed by atoms with van der Waals surface area (Å²) in [4.78, 5) is 4.40. The van der Waals surface area contributed by atoms with Gasteiger partial charge in [-0.15, -0.1) is 0 Å². The van der Waals surface area contributed by atoms with Crippen LogP contribution in [0.25, 0.3) is 0 Å². The molecule has 3 rings (SSSR count). The number of fused-ring (bicyclic) bond motifs is 1. The molecule has 0 unspecified atom stereocenters. The number of rotatable bonds is 3. The maximum atomic E-state index is 11.2. The Balaban J connectivity index is 2.03. The first kappa shape index (κ1) is 21.7. The van der Waals surface area contributed by atoms with E-state index in [1.807, 2.05) is 6.21 Å². The van der Waals surface area contributed by atoms with E-state index < -0.39 is 10.1 Å². The first-order valence-electron chi connectivity index (χ1n) is 10.0. The number of aliphatic imine (C=N–C) groups is 1. The minimum absolute atomic E-state index is 0.0672. The molecule has 156 valence electrons. The highest BCUT2D eigenvalue weighted by atomic mass is 32.2. The Morgan fingerprint density at radius 1 is 0.931 bits per heavy atom. The van der Waals surface area contributed by atoms with Crippen LogP contribution in [0.1, 0.15) is 63.8 Å². The molecular formula is C24H31NO3S. The summed E-state index contributed by atoms with van der Waals surface area (Å²) in [6.45, 7) is 16.1. The largest absolute Gasteiger partial charge is 0.294 e. The highest BCUT2D eigenvalue weighted by molar-refractivity contribution is 7.85. The average molecular weight is 414 g/mol. The van der Waals surface area contributed by atoms with Crippen molar-refractivity contribution in [1.82, 2.24) is 0 Å². The van der Waals surface area contributed by atoms with Crippen LogP contribution in [0.2, 0.25) is 0 Å². The number of hydrogen-bond donors (Lipinski definition) is 1. The summed E-state index contributed by atoms with van der Waals surface area (Å²) in [6, 6.07) is 10.5. The predicted octanol–water partition coefficient (Wildman–Crippen LogP) is 5.83. The van der Waals surface area contributed by atoms with Crippen LogP contribution < -0.4 is 0 Å². The van der Waals surface area contributed by atoms with Gasteiger partial charge in [-0.05, 0) is 82.2 Å². The van der Waals surface area contributed by atoms with Crippen molar-refractivity contribution in [3.05, 3.63) is 58.7 Å². The van der Waals surface area contributed by atoms with E-state index in [0.717, 1.165) is 5.56 Å². The molecule has 0 heterocycles. The molecule has 0 aromatic heterocycles. The average Bonchev–Trinajstić information content (AvgIpc) is 2.64. The van der Waals surface area contributed by atoms with E-state index in [2.05, 4.69) is 65.6 Å². The molecule has 0 spiro atoms. The Morgan fingerprint density at radius 2 is 1.41 bits per heavy atom. The summed E-state index contributed by atoms with van der Waals surface area (Å²) in [5.74, 6) is 1.12. The van der Waals surface area contributed by atoms with Crippen molar-refractivity contribution in [2.24, 2.45) is 16.8 Å². The summed E-state index contributed by atoms with van der Waals surface area (Å²) in [6.07, 6.45) is 1.84. The molecule has 0 fully saturated rings. The number of hydrogen-bond acceptors (Lipinski definition) is 3. The van der Waals surface area contributed by atoms with Crippen molar-refractivity contribution in [2.75, 3.05) is 0 Å². The van der Waals surface area contributed by atoms with Crippen molar-refractivity contribution in [3.63, 3.8) is 0 Å². The maximum Gasteiger partial charge on any atom is 0.294 e. The van der Waals surface area contributed by atoms with Crippen LogP contribution in [-0.2, 0) is 20.9 Å². The van der Waals surface area contributed by atoms with E-state index in [0.29, 0.717) is 17.5 Å². The molecule has 5 heteroatoms. The Kier molecular flexibility index (Phi) is 5.29. The molecule has 29 heavy (non-hydrogen) atoms. The zero-order valence-corrected chi connectivity index (χ0v) is 19.1. The van der Waals surface area contributed by atoms with Crippen LogP contribution in [0.4, 0.5) is 5.69 Å². The van der Waals surface area contributed by atoms with Gasteiger partial charge in [-0.1, -0.05) is 47.6 Å². The number of nitrogens with zero attached hydrogens (tertiary/aromatic N) is 1. The first-order chi connectivity index (χ1) is 13.3. The van der Waals surface area contributed by atoms with Gasteiger partial charge in [0.2, 0.25) is 0 Å². The van der Waals surface area contributed by atoms with E-state index in [4.69, 9.17) is 4.55 Å². The zero-order chi connectivity index (χ0) is 21.8. The van der Waals surface area contributed by atoms with Gasteiger partial charge in [0.25, 0.3) is 10.1 Å². The molecule has 0 radical (unpaired) electrons. The molecule has 2 aromatic carbocycles. The predicted molar refractivity (Wildman–Crippen MR) is 119 cm³/mol. The summed E-state index contributed by atoms with van der Waals surface area (Å²) < 4.78 is 31.5. The molecule has 0 bridgehead atoms. The minimum Gasteiger partial charge on any atom is -0.282 e. The summed E-state index contributed by atoms with van der Waals surface area (Å²) in [7, 11) is -4.19. The molecule has 4 nitrogen and oxygen atoms in total. The van der Waals surface area contributed by atoms with Gasteiger partial charge in [0, 0.05) is 6.21 Å². The number of aryl methyl sites for hydroxylation is 1. The summed E-state index contributed by atoms with van der Waals surface area (Å²) >= 11 is 0. The standard InChI is InChI=1S/C24H31NO3S/c1-15-12-21-22(24(6,7)17(3)16(2)23(21,4)5)13-18(15)14-25-19-8-10-20(11-9-19)29(26,27)28/h8-14,16-17H,1-7H3,(H,26,27,28)/t16-,17-/m0/s1. The lowest BCUT2D eigenvalue weighted by molar-refractivity contribution is 0.144. The van der Waals surface area contributed by atoms with E-state index in [-0.39, 0.29) is 15.7 Å². The van der Waals surface area contributed by atoms with Gasteiger partial charge in [-0.25, -0.2) is 0 Å². The van der Waals surface area contributed by atoms with Crippen LogP contribution in [0.15, 0.2) is 46.3 Å². The van der Waals surface area contributed by atoms with Gasteiger partial charge in [-0.3, -0.25) is 9.55 Å². The first-order valence-corrected chi connectivity index (χ1v) is 11.5. The van der Waals surface area contributed by atoms with E-state index in [1.165, 1.54) is 28.8 Å². The highest BCUT2D eigenvalue weighted by Gasteiger charge is 2.47. The second-order valence-electron chi connectivity index (χ2n) is 9.50. The van der Waals surface area contributed by atoms with E-state index in [1.54, 1.807) is 12.1 Å². The van der Waals surface area contributed by atoms with E-state index >= 15 is 0 Å². The van der Waals surface area contributed by atoms with Crippen molar-refractivity contribution < 1.29 is 13.0 Å². The topological polar surface area (TPSA) is 66.7 Å². The molecule has 1 aliphatic rings. The van der Waals surface area contributed by atoms with E-state index in [9.17, 15) is 8.42 Å². The normalized spacial score (nSPS) is 23.2. The lowest BCUT2D eigenvalue weighted by Gasteiger charge is -2.51. The number of benzene rings is 2. The van der Waals surface area contributed by atoms with Crippen molar-refractivity contribution in [3.8, 4) is 0 Å². The molecule has 1 N–H and O–H groups in total. The van der Waals surface area contributed by atoms with Crippen molar-refractivity contribution in [1.29, 1.82) is 0 Å². The molecule has 0 saturated heterocycles. The molecule has 1 aliphatic carbocycles. The van der Waals surface area contributed by atoms with Gasteiger partial charge >= 0.3 is 0 Å². The second kappa shape index (κ2) is 7.06. The van der Waals surface area contributed by atoms with Gasteiger partial charge in [0.15, 0.2) is 0 Å². The summed E-state index contributed by atoms with van der Waals surface area (Å²) in [5, 5.41) is 0. The fourth-order valence-electron chi connectivity index (χ4n) is 4.52. The van der Waals surface area contributed by atoms with Gasteiger partial charge in [0.05, 0.1) is 10.6 Å². The zero-order valence-electron chi connectivity index (χ0n) is 18.3. The highest BCUT2D eigenvalue weighted by Crippen LogP contribution is 2.52. The molecule has 2 atom stereocenters. The maximum absolute atomic E-state index is 11.2. The Labute approximate surface area is 174 Å². The third kappa shape index (κ3) is 3.78. The Morgan fingerprint density at radius 3 is 1.90 bits per heavy atom.